The van der Waals surface area contributed by atoms with E-state index in [0.717, 1.165) is 19.3 Å². The lowest BCUT2D eigenvalue weighted by atomic mass is 10.1. The maximum atomic E-state index is 13.5. The summed E-state index contributed by atoms with van der Waals surface area (Å²) in [5.74, 6) is -0.704. The number of aromatic nitrogens is 3. The number of carbonyl (C=O) groups is 1. The van der Waals surface area contributed by atoms with Gasteiger partial charge < -0.3 is 10.5 Å². The SMILES string of the molecule is CCCCCCCCCOC(=O)c1c(N)n(-c2ccc(F)cc2)c2nc3ccccc3nc12. The van der Waals surface area contributed by atoms with Gasteiger partial charge in [0.25, 0.3) is 0 Å². The number of ether oxygens (including phenoxy) is 1. The first-order chi connectivity index (χ1) is 16.1. The van der Waals surface area contributed by atoms with Gasteiger partial charge in [0.1, 0.15) is 22.7 Å². The largest absolute Gasteiger partial charge is 0.462 e. The first kappa shape index (κ1) is 22.7. The molecule has 0 fully saturated rings. The normalized spacial score (nSPS) is 11.3. The van der Waals surface area contributed by atoms with Gasteiger partial charge in [-0.05, 0) is 42.8 Å². The van der Waals surface area contributed by atoms with E-state index >= 15 is 0 Å². The first-order valence-corrected chi connectivity index (χ1v) is 11.6. The standard InChI is InChI=1S/C26H29FN4O2/c1-2-3-4-5-6-7-10-17-33-26(32)22-23-25(30-21-12-9-8-11-20(21)29-23)31(24(22)28)19-15-13-18(27)14-16-19/h8-9,11-16H,2-7,10,17,28H2,1H3. The van der Waals surface area contributed by atoms with Crippen molar-refractivity contribution in [3.05, 3.63) is 59.9 Å². The number of anilines is 1. The lowest BCUT2D eigenvalue weighted by molar-refractivity contribution is 0.0501. The van der Waals surface area contributed by atoms with Crippen molar-refractivity contribution < 1.29 is 13.9 Å². The van der Waals surface area contributed by atoms with Gasteiger partial charge in [0.15, 0.2) is 5.65 Å². The molecule has 0 saturated heterocycles. The predicted octanol–water partition coefficient (Wildman–Crippen LogP) is 6.20. The number of fused-ring (bicyclic) bond motifs is 2. The highest BCUT2D eigenvalue weighted by Crippen LogP contribution is 2.31. The van der Waals surface area contributed by atoms with E-state index in [1.54, 1.807) is 16.7 Å². The van der Waals surface area contributed by atoms with Crippen LogP contribution in [0.4, 0.5) is 10.2 Å². The Balaban J connectivity index is 1.62. The predicted molar refractivity (Wildman–Crippen MR) is 129 cm³/mol. The molecule has 7 heteroatoms. The van der Waals surface area contributed by atoms with Crippen LogP contribution in [0.15, 0.2) is 48.5 Å². The molecule has 4 rings (SSSR count). The van der Waals surface area contributed by atoms with E-state index in [-0.39, 0.29) is 17.2 Å². The smallest absolute Gasteiger partial charge is 0.344 e. The summed E-state index contributed by atoms with van der Waals surface area (Å²) in [6.45, 7) is 2.53. The molecule has 0 aliphatic heterocycles. The first-order valence-electron chi connectivity index (χ1n) is 11.6. The number of esters is 1. The number of hydrogen-bond acceptors (Lipinski definition) is 5. The van der Waals surface area contributed by atoms with Gasteiger partial charge >= 0.3 is 5.97 Å². The van der Waals surface area contributed by atoms with Crippen LogP contribution in [0.3, 0.4) is 0 Å². The third kappa shape index (κ3) is 4.97. The van der Waals surface area contributed by atoms with Crippen LogP contribution in [-0.2, 0) is 4.74 Å². The number of para-hydroxylation sites is 2. The fraction of sp³-hybridized carbons (Fsp3) is 0.346. The minimum atomic E-state index is -0.520. The van der Waals surface area contributed by atoms with Crippen LogP contribution in [-0.4, -0.2) is 27.1 Å². The molecular formula is C26H29FN4O2. The molecule has 172 valence electrons. The van der Waals surface area contributed by atoms with Crippen LogP contribution >= 0.6 is 0 Å². The lowest BCUT2D eigenvalue weighted by Gasteiger charge is -2.08. The number of nitrogens with zero attached hydrogens (tertiary/aromatic N) is 3. The Bertz CT molecular complexity index is 1250. The highest BCUT2D eigenvalue weighted by Gasteiger charge is 2.26. The number of benzene rings is 2. The van der Waals surface area contributed by atoms with E-state index in [1.807, 2.05) is 24.3 Å². The van der Waals surface area contributed by atoms with E-state index in [0.29, 0.717) is 34.5 Å². The van der Waals surface area contributed by atoms with Crippen LogP contribution < -0.4 is 5.73 Å². The van der Waals surface area contributed by atoms with Crippen LogP contribution in [0.2, 0.25) is 0 Å². The van der Waals surface area contributed by atoms with Gasteiger partial charge in [-0.1, -0.05) is 57.6 Å². The molecule has 4 aromatic rings. The number of rotatable bonds is 10. The zero-order valence-corrected chi connectivity index (χ0v) is 18.9. The summed E-state index contributed by atoms with van der Waals surface area (Å²) in [6, 6.07) is 13.3. The van der Waals surface area contributed by atoms with Crippen molar-refractivity contribution in [2.24, 2.45) is 0 Å². The summed E-state index contributed by atoms with van der Waals surface area (Å²) in [7, 11) is 0. The van der Waals surface area contributed by atoms with E-state index in [1.165, 1.54) is 37.8 Å². The Morgan fingerprint density at radius 2 is 1.58 bits per heavy atom. The highest BCUT2D eigenvalue weighted by atomic mass is 19.1. The lowest BCUT2D eigenvalue weighted by Crippen LogP contribution is -2.10. The summed E-state index contributed by atoms with van der Waals surface area (Å²) in [5, 5.41) is 0. The minimum Gasteiger partial charge on any atom is -0.462 e. The number of carbonyl (C=O) groups excluding carboxylic acids is 1. The molecule has 0 radical (unpaired) electrons. The molecule has 2 aromatic carbocycles. The number of unbranched alkanes of at least 4 members (excludes halogenated alkanes) is 6. The average Bonchev–Trinajstić information content (AvgIpc) is 3.10. The number of nitrogens with two attached hydrogens (primary N) is 1. The van der Waals surface area contributed by atoms with Crippen LogP contribution in [0, 0.1) is 5.82 Å². The molecule has 0 aliphatic rings. The molecule has 0 aliphatic carbocycles. The van der Waals surface area contributed by atoms with Crippen molar-refractivity contribution in [1.29, 1.82) is 0 Å². The molecule has 2 aromatic heterocycles. The molecular weight excluding hydrogens is 419 g/mol. The van der Waals surface area contributed by atoms with Gasteiger partial charge in [-0.2, -0.15) is 0 Å². The van der Waals surface area contributed by atoms with Gasteiger partial charge in [0, 0.05) is 5.69 Å². The molecule has 0 unspecified atom stereocenters. The Hall–Kier alpha value is -3.48. The second-order valence-corrected chi connectivity index (χ2v) is 8.21. The van der Waals surface area contributed by atoms with E-state index in [9.17, 15) is 9.18 Å². The number of hydrogen-bond donors (Lipinski definition) is 1. The van der Waals surface area contributed by atoms with E-state index in [4.69, 9.17) is 15.5 Å². The van der Waals surface area contributed by atoms with Crippen molar-refractivity contribution in [1.82, 2.24) is 14.5 Å². The van der Waals surface area contributed by atoms with Crippen LogP contribution in [0.5, 0.6) is 0 Å². The van der Waals surface area contributed by atoms with E-state index in [2.05, 4.69) is 11.9 Å². The summed E-state index contributed by atoms with van der Waals surface area (Å²) in [5.41, 5.74) is 9.36. The molecule has 2 heterocycles. The van der Waals surface area contributed by atoms with Crippen molar-refractivity contribution in [3.8, 4) is 5.69 Å². The van der Waals surface area contributed by atoms with Gasteiger partial charge in [-0.25, -0.2) is 19.2 Å². The maximum Gasteiger partial charge on any atom is 0.344 e. The van der Waals surface area contributed by atoms with Crippen molar-refractivity contribution in [2.75, 3.05) is 12.3 Å². The summed E-state index contributed by atoms with van der Waals surface area (Å²) in [4.78, 5) is 22.4. The third-order valence-corrected chi connectivity index (χ3v) is 5.77. The van der Waals surface area contributed by atoms with Gasteiger partial charge in [0.2, 0.25) is 0 Å². The number of halogens is 1. The summed E-state index contributed by atoms with van der Waals surface area (Å²) >= 11 is 0. The second-order valence-electron chi connectivity index (χ2n) is 8.21. The second kappa shape index (κ2) is 10.4. The van der Waals surface area contributed by atoms with Crippen molar-refractivity contribution in [2.45, 2.75) is 51.9 Å². The zero-order valence-electron chi connectivity index (χ0n) is 18.9. The monoisotopic (exact) mass is 448 g/mol. The fourth-order valence-corrected chi connectivity index (χ4v) is 4.01. The number of nitrogen functional groups attached to an aromatic ring is 1. The molecule has 33 heavy (non-hydrogen) atoms. The molecule has 2 N–H and O–H groups in total. The molecule has 0 saturated carbocycles. The van der Waals surface area contributed by atoms with Crippen LogP contribution in [0.25, 0.3) is 27.9 Å². The summed E-state index contributed by atoms with van der Waals surface area (Å²) < 4.78 is 20.7. The Morgan fingerprint density at radius 1 is 0.939 bits per heavy atom. The van der Waals surface area contributed by atoms with Gasteiger partial charge in [-0.15, -0.1) is 0 Å². The van der Waals surface area contributed by atoms with E-state index < -0.39 is 5.97 Å². The van der Waals surface area contributed by atoms with Gasteiger partial charge in [-0.3, -0.25) is 4.57 Å². The molecule has 0 bridgehead atoms. The molecule has 0 spiro atoms. The molecule has 0 amide bonds. The van der Waals surface area contributed by atoms with Gasteiger partial charge in [0.05, 0.1) is 17.6 Å². The maximum absolute atomic E-state index is 13.5. The topological polar surface area (TPSA) is 83.0 Å². The molecule has 0 atom stereocenters. The summed E-state index contributed by atoms with van der Waals surface area (Å²) in [6.07, 6.45) is 7.92. The Kier molecular flexibility index (Phi) is 7.17. The Morgan fingerprint density at radius 3 is 2.27 bits per heavy atom. The third-order valence-electron chi connectivity index (χ3n) is 5.77. The fourth-order valence-electron chi connectivity index (χ4n) is 4.01. The zero-order chi connectivity index (χ0) is 23.2. The Labute approximate surface area is 192 Å². The average molecular weight is 449 g/mol. The quantitative estimate of drug-likeness (QED) is 0.231. The molecule has 6 nitrogen and oxygen atoms in total. The van der Waals surface area contributed by atoms with Crippen molar-refractivity contribution in [3.63, 3.8) is 0 Å². The van der Waals surface area contributed by atoms with Crippen molar-refractivity contribution >= 4 is 34.0 Å². The highest BCUT2D eigenvalue weighted by molar-refractivity contribution is 6.09. The minimum absolute atomic E-state index is 0.177. The van der Waals surface area contributed by atoms with Crippen LogP contribution in [0.1, 0.15) is 62.2 Å².